The summed E-state index contributed by atoms with van der Waals surface area (Å²) >= 11 is 5.66. The summed E-state index contributed by atoms with van der Waals surface area (Å²) in [7, 11) is 0. The standard InChI is InChI=1S/C9H7ClFNO/c1-12-5-8(13)9-6(10)3-2-4-7(9)11/h2-4,8,13H,5H2. The quantitative estimate of drug-likeness (QED) is 0.727. The van der Waals surface area contributed by atoms with Crippen LogP contribution < -0.4 is 0 Å². The maximum Gasteiger partial charge on any atom is 0.244 e. The fourth-order valence-electron chi connectivity index (χ4n) is 1.01. The maximum atomic E-state index is 13.1. The molecule has 1 N–H and O–H groups in total. The van der Waals surface area contributed by atoms with Crippen LogP contribution in [-0.2, 0) is 0 Å². The fourth-order valence-corrected chi connectivity index (χ4v) is 1.30. The Morgan fingerprint density at radius 3 is 2.85 bits per heavy atom. The molecule has 1 unspecified atom stereocenters. The smallest absolute Gasteiger partial charge is 0.244 e. The van der Waals surface area contributed by atoms with Crippen LogP contribution in [0.3, 0.4) is 0 Å². The van der Waals surface area contributed by atoms with Gasteiger partial charge in [-0.15, -0.1) is 0 Å². The van der Waals surface area contributed by atoms with Gasteiger partial charge in [0, 0.05) is 10.6 Å². The molecule has 13 heavy (non-hydrogen) atoms. The van der Waals surface area contributed by atoms with Crippen molar-refractivity contribution < 1.29 is 9.50 Å². The fraction of sp³-hybridized carbons (Fsp3) is 0.222. The van der Waals surface area contributed by atoms with Crippen molar-refractivity contribution in [1.29, 1.82) is 0 Å². The van der Waals surface area contributed by atoms with Crippen molar-refractivity contribution in [3.05, 3.63) is 46.0 Å². The number of aliphatic hydroxyl groups excluding tert-OH is 1. The van der Waals surface area contributed by atoms with E-state index in [1.807, 2.05) is 0 Å². The van der Waals surface area contributed by atoms with Crippen molar-refractivity contribution in [1.82, 2.24) is 0 Å². The van der Waals surface area contributed by atoms with Crippen LogP contribution in [0.25, 0.3) is 4.85 Å². The summed E-state index contributed by atoms with van der Waals surface area (Å²) in [6.07, 6.45) is -1.15. The molecule has 2 nitrogen and oxygen atoms in total. The highest BCUT2D eigenvalue weighted by atomic mass is 35.5. The minimum Gasteiger partial charge on any atom is -0.380 e. The first kappa shape index (κ1) is 9.97. The molecule has 1 aromatic rings. The van der Waals surface area contributed by atoms with Gasteiger partial charge in [0.25, 0.3) is 0 Å². The molecule has 0 amide bonds. The Bertz CT molecular complexity index is 328. The molecule has 0 saturated heterocycles. The van der Waals surface area contributed by atoms with Gasteiger partial charge in [0.2, 0.25) is 6.54 Å². The summed E-state index contributed by atoms with van der Waals surface area (Å²) < 4.78 is 13.1. The van der Waals surface area contributed by atoms with Gasteiger partial charge in [0.1, 0.15) is 5.82 Å². The molecule has 0 aliphatic rings. The zero-order valence-corrected chi connectivity index (χ0v) is 7.42. The lowest BCUT2D eigenvalue weighted by molar-refractivity contribution is 0.190. The van der Waals surface area contributed by atoms with Crippen molar-refractivity contribution in [2.45, 2.75) is 6.10 Å². The van der Waals surface area contributed by atoms with Crippen molar-refractivity contribution in [2.24, 2.45) is 0 Å². The second kappa shape index (κ2) is 4.22. The van der Waals surface area contributed by atoms with Crippen molar-refractivity contribution in [3.8, 4) is 0 Å². The van der Waals surface area contributed by atoms with Gasteiger partial charge in [-0.05, 0) is 12.1 Å². The van der Waals surface area contributed by atoms with E-state index in [0.717, 1.165) is 0 Å². The predicted octanol–water partition coefficient (Wildman–Crippen LogP) is 2.43. The molecule has 1 aromatic carbocycles. The summed E-state index contributed by atoms with van der Waals surface area (Å²) in [5.74, 6) is -0.580. The van der Waals surface area contributed by atoms with E-state index in [4.69, 9.17) is 18.2 Å². The van der Waals surface area contributed by atoms with E-state index in [-0.39, 0.29) is 17.1 Å². The lowest BCUT2D eigenvalue weighted by Crippen LogP contribution is -2.03. The first-order chi connectivity index (χ1) is 6.16. The summed E-state index contributed by atoms with van der Waals surface area (Å²) in [5.41, 5.74) is 0.000154. The summed E-state index contributed by atoms with van der Waals surface area (Å²) in [6.45, 7) is 6.34. The van der Waals surface area contributed by atoms with Gasteiger partial charge in [-0.1, -0.05) is 17.7 Å². The number of hydrogen-bond acceptors (Lipinski definition) is 1. The van der Waals surface area contributed by atoms with Gasteiger partial charge in [-0.3, -0.25) is 0 Å². The lowest BCUT2D eigenvalue weighted by atomic mass is 10.1. The van der Waals surface area contributed by atoms with E-state index in [0.29, 0.717) is 0 Å². The Morgan fingerprint density at radius 2 is 2.31 bits per heavy atom. The third-order valence-electron chi connectivity index (χ3n) is 1.60. The Morgan fingerprint density at radius 1 is 1.62 bits per heavy atom. The summed E-state index contributed by atoms with van der Waals surface area (Å²) in [4.78, 5) is 2.97. The van der Waals surface area contributed by atoms with Crippen LogP contribution in [-0.4, -0.2) is 11.7 Å². The minimum absolute atomic E-state index is 0.000154. The SMILES string of the molecule is [C-]#[N+]CC(O)c1c(F)cccc1Cl. The normalized spacial score (nSPS) is 12.2. The minimum atomic E-state index is -1.15. The second-order valence-electron chi connectivity index (χ2n) is 2.49. The molecule has 4 heteroatoms. The number of rotatable bonds is 2. The van der Waals surface area contributed by atoms with Gasteiger partial charge in [0.05, 0.1) is 0 Å². The molecular formula is C9H7ClFNO. The van der Waals surface area contributed by atoms with Gasteiger partial charge in [-0.25, -0.2) is 11.0 Å². The lowest BCUT2D eigenvalue weighted by Gasteiger charge is -2.07. The zero-order chi connectivity index (χ0) is 9.84. The van der Waals surface area contributed by atoms with Gasteiger partial charge in [0.15, 0.2) is 6.10 Å². The van der Waals surface area contributed by atoms with Crippen LogP contribution in [0.2, 0.25) is 5.02 Å². The van der Waals surface area contributed by atoms with Crippen LogP contribution >= 0.6 is 11.6 Å². The molecule has 0 aromatic heterocycles. The van der Waals surface area contributed by atoms with E-state index in [1.54, 1.807) is 0 Å². The monoisotopic (exact) mass is 199 g/mol. The molecule has 0 aliphatic heterocycles. The number of hydrogen-bond donors (Lipinski definition) is 1. The molecule has 0 spiro atoms. The number of aliphatic hydroxyl groups is 1. The van der Waals surface area contributed by atoms with Crippen LogP contribution in [0.1, 0.15) is 11.7 Å². The van der Waals surface area contributed by atoms with E-state index >= 15 is 0 Å². The molecule has 0 bridgehead atoms. The van der Waals surface area contributed by atoms with E-state index in [1.165, 1.54) is 18.2 Å². The first-order valence-corrected chi connectivity index (χ1v) is 3.99. The van der Waals surface area contributed by atoms with Crippen LogP contribution in [0.5, 0.6) is 0 Å². The van der Waals surface area contributed by atoms with E-state index < -0.39 is 11.9 Å². The molecule has 1 rings (SSSR count). The highest BCUT2D eigenvalue weighted by molar-refractivity contribution is 6.31. The predicted molar refractivity (Wildman–Crippen MR) is 47.8 cm³/mol. The molecule has 0 radical (unpaired) electrons. The highest BCUT2D eigenvalue weighted by Crippen LogP contribution is 2.25. The van der Waals surface area contributed by atoms with Gasteiger partial charge >= 0.3 is 0 Å². The average Bonchev–Trinajstić information content (AvgIpc) is 2.04. The second-order valence-corrected chi connectivity index (χ2v) is 2.90. The zero-order valence-electron chi connectivity index (χ0n) is 6.67. The van der Waals surface area contributed by atoms with E-state index in [2.05, 4.69) is 4.85 Å². The third kappa shape index (κ3) is 2.18. The number of halogens is 2. The Labute approximate surface area is 80.4 Å². The molecule has 0 heterocycles. The van der Waals surface area contributed by atoms with Crippen molar-refractivity contribution in [3.63, 3.8) is 0 Å². The Hall–Kier alpha value is -1.11. The molecule has 0 saturated carbocycles. The molecular weight excluding hydrogens is 193 g/mol. The first-order valence-electron chi connectivity index (χ1n) is 3.62. The van der Waals surface area contributed by atoms with Crippen LogP contribution in [0, 0.1) is 12.4 Å². The Balaban J connectivity index is 3.06. The summed E-state index contributed by atoms with van der Waals surface area (Å²) in [6, 6.07) is 4.13. The molecule has 0 fully saturated rings. The maximum absolute atomic E-state index is 13.1. The average molecular weight is 200 g/mol. The molecule has 68 valence electrons. The van der Waals surface area contributed by atoms with E-state index in [9.17, 15) is 9.50 Å². The molecule has 1 atom stereocenters. The number of nitrogens with zero attached hydrogens (tertiary/aromatic N) is 1. The topological polar surface area (TPSA) is 24.6 Å². The van der Waals surface area contributed by atoms with Crippen LogP contribution in [0.4, 0.5) is 4.39 Å². The largest absolute Gasteiger partial charge is 0.380 e. The third-order valence-corrected chi connectivity index (χ3v) is 1.93. The van der Waals surface area contributed by atoms with Crippen LogP contribution in [0.15, 0.2) is 18.2 Å². The Kier molecular flexibility index (Phi) is 3.24. The number of benzene rings is 1. The van der Waals surface area contributed by atoms with Gasteiger partial charge in [-0.2, -0.15) is 0 Å². The van der Waals surface area contributed by atoms with Crippen molar-refractivity contribution in [2.75, 3.05) is 6.54 Å². The summed E-state index contributed by atoms with van der Waals surface area (Å²) in [5, 5.41) is 9.49. The molecule has 0 aliphatic carbocycles. The van der Waals surface area contributed by atoms with Crippen molar-refractivity contribution >= 4 is 11.6 Å². The highest BCUT2D eigenvalue weighted by Gasteiger charge is 2.18. The van der Waals surface area contributed by atoms with Gasteiger partial charge < -0.3 is 9.95 Å².